The molecule has 7 heteroatoms. The zero-order valence-corrected chi connectivity index (χ0v) is 13.4. The second-order valence-electron chi connectivity index (χ2n) is 5.63. The van der Waals surface area contributed by atoms with Gasteiger partial charge in [0.25, 0.3) is 5.56 Å². The first-order chi connectivity index (χ1) is 11.2. The molecule has 23 heavy (non-hydrogen) atoms. The van der Waals surface area contributed by atoms with E-state index in [0.717, 1.165) is 24.5 Å². The summed E-state index contributed by atoms with van der Waals surface area (Å²) in [6.45, 7) is 4.72. The summed E-state index contributed by atoms with van der Waals surface area (Å²) in [5, 5.41) is 3.11. The summed E-state index contributed by atoms with van der Waals surface area (Å²) in [5.74, 6) is 1.48. The molecule has 122 valence electrons. The van der Waals surface area contributed by atoms with Gasteiger partial charge in [-0.05, 0) is 13.0 Å². The minimum absolute atomic E-state index is 0.141. The lowest BCUT2D eigenvalue weighted by atomic mass is 10.2. The van der Waals surface area contributed by atoms with Crippen LogP contribution in [0.4, 0.5) is 5.82 Å². The molecule has 2 N–H and O–H groups in total. The molecule has 0 aromatic carbocycles. The van der Waals surface area contributed by atoms with Crippen molar-refractivity contribution in [2.75, 3.05) is 32.1 Å². The number of hydrogen-bond donors (Lipinski definition) is 2. The molecule has 2 aromatic rings. The molecule has 0 aliphatic carbocycles. The SMILES string of the molecule is CNc1ncccc1CN1CCO[C@H](c2nc(C)cc(=O)[nH]2)C1. The Morgan fingerprint density at radius 2 is 2.39 bits per heavy atom. The molecule has 1 fully saturated rings. The van der Waals surface area contributed by atoms with Crippen LogP contribution in [0, 0.1) is 6.92 Å². The predicted molar refractivity (Wildman–Crippen MR) is 87.3 cm³/mol. The first-order valence-electron chi connectivity index (χ1n) is 7.69. The molecule has 1 atom stereocenters. The fourth-order valence-electron chi connectivity index (χ4n) is 2.80. The third-order valence-electron chi connectivity index (χ3n) is 3.87. The zero-order valence-electron chi connectivity index (χ0n) is 13.4. The highest BCUT2D eigenvalue weighted by Gasteiger charge is 2.24. The summed E-state index contributed by atoms with van der Waals surface area (Å²) in [5.41, 5.74) is 1.70. The second kappa shape index (κ2) is 6.89. The number of aryl methyl sites for hydroxylation is 1. The summed E-state index contributed by atoms with van der Waals surface area (Å²) in [4.78, 5) is 25.4. The second-order valence-corrected chi connectivity index (χ2v) is 5.63. The average molecular weight is 315 g/mol. The number of aromatic amines is 1. The maximum atomic E-state index is 11.6. The first-order valence-corrected chi connectivity index (χ1v) is 7.69. The Kier molecular flexibility index (Phi) is 4.68. The zero-order chi connectivity index (χ0) is 16.2. The lowest BCUT2D eigenvalue weighted by molar-refractivity contribution is -0.0373. The van der Waals surface area contributed by atoms with Crippen LogP contribution < -0.4 is 10.9 Å². The summed E-state index contributed by atoms with van der Waals surface area (Å²) in [6.07, 6.45) is 1.56. The van der Waals surface area contributed by atoms with E-state index in [-0.39, 0.29) is 11.7 Å². The van der Waals surface area contributed by atoms with Gasteiger partial charge in [0.05, 0.1) is 6.61 Å². The van der Waals surface area contributed by atoms with E-state index in [1.165, 1.54) is 6.07 Å². The summed E-state index contributed by atoms with van der Waals surface area (Å²) in [6, 6.07) is 5.49. The van der Waals surface area contributed by atoms with Gasteiger partial charge in [0.1, 0.15) is 17.7 Å². The van der Waals surface area contributed by atoms with Crippen molar-refractivity contribution in [3.8, 4) is 0 Å². The Hall–Kier alpha value is -2.25. The highest BCUT2D eigenvalue weighted by Crippen LogP contribution is 2.21. The van der Waals surface area contributed by atoms with Gasteiger partial charge < -0.3 is 15.0 Å². The molecule has 7 nitrogen and oxygen atoms in total. The maximum absolute atomic E-state index is 11.6. The molecule has 0 unspecified atom stereocenters. The fourth-order valence-corrected chi connectivity index (χ4v) is 2.80. The van der Waals surface area contributed by atoms with E-state index in [2.05, 4.69) is 31.2 Å². The average Bonchev–Trinajstić information content (AvgIpc) is 2.55. The normalized spacial score (nSPS) is 18.8. The molecule has 0 saturated carbocycles. The van der Waals surface area contributed by atoms with E-state index < -0.39 is 0 Å². The molecule has 3 heterocycles. The van der Waals surface area contributed by atoms with Crippen molar-refractivity contribution in [1.82, 2.24) is 19.9 Å². The standard InChI is InChI=1S/C16H21N5O2/c1-11-8-14(22)20-16(19-11)13-10-21(6-7-23-13)9-12-4-3-5-18-15(12)17-2/h3-5,8,13H,6-7,9-10H2,1-2H3,(H,17,18)(H,19,20,22)/t13-/m0/s1. The first kappa shape index (κ1) is 15.6. The van der Waals surface area contributed by atoms with Gasteiger partial charge in [0.15, 0.2) is 0 Å². The van der Waals surface area contributed by atoms with E-state index in [1.54, 1.807) is 6.20 Å². The molecule has 1 aliphatic heterocycles. The largest absolute Gasteiger partial charge is 0.373 e. The third kappa shape index (κ3) is 3.75. The van der Waals surface area contributed by atoms with Crippen LogP contribution in [0.2, 0.25) is 0 Å². The van der Waals surface area contributed by atoms with Crippen LogP contribution in [-0.4, -0.2) is 46.6 Å². The van der Waals surface area contributed by atoms with E-state index in [1.807, 2.05) is 20.0 Å². The molecular formula is C16H21N5O2. The van der Waals surface area contributed by atoms with Gasteiger partial charge in [-0.1, -0.05) is 6.07 Å². The predicted octanol–water partition coefficient (Wildman–Crippen LogP) is 1.09. The molecule has 0 spiro atoms. The Morgan fingerprint density at radius 1 is 1.52 bits per heavy atom. The van der Waals surface area contributed by atoms with Crippen LogP contribution in [0.3, 0.4) is 0 Å². The molecule has 1 saturated heterocycles. The van der Waals surface area contributed by atoms with E-state index in [0.29, 0.717) is 24.7 Å². The van der Waals surface area contributed by atoms with Crippen LogP contribution in [-0.2, 0) is 11.3 Å². The van der Waals surface area contributed by atoms with Crippen molar-refractivity contribution < 1.29 is 4.74 Å². The van der Waals surface area contributed by atoms with Crippen molar-refractivity contribution in [2.45, 2.75) is 19.6 Å². The van der Waals surface area contributed by atoms with E-state index >= 15 is 0 Å². The number of aromatic nitrogens is 3. The van der Waals surface area contributed by atoms with Crippen molar-refractivity contribution in [3.05, 3.63) is 51.8 Å². The molecule has 1 aliphatic rings. The molecule has 2 aromatic heterocycles. The smallest absolute Gasteiger partial charge is 0.251 e. The lowest BCUT2D eigenvalue weighted by Crippen LogP contribution is -2.39. The number of pyridine rings is 1. The van der Waals surface area contributed by atoms with Crippen LogP contribution >= 0.6 is 0 Å². The minimum Gasteiger partial charge on any atom is -0.373 e. The van der Waals surface area contributed by atoms with Gasteiger partial charge in [-0.25, -0.2) is 9.97 Å². The summed E-state index contributed by atoms with van der Waals surface area (Å²) in [7, 11) is 1.87. The molecule has 3 rings (SSSR count). The number of H-pyrrole nitrogens is 1. The van der Waals surface area contributed by atoms with Gasteiger partial charge in [-0.3, -0.25) is 9.69 Å². The number of nitrogens with one attached hydrogen (secondary N) is 2. The van der Waals surface area contributed by atoms with E-state index in [4.69, 9.17) is 4.74 Å². The molecular weight excluding hydrogens is 294 g/mol. The Morgan fingerprint density at radius 3 is 3.17 bits per heavy atom. The van der Waals surface area contributed by atoms with Crippen LogP contribution in [0.15, 0.2) is 29.2 Å². The van der Waals surface area contributed by atoms with Crippen molar-refractivity contribution in [3.63, 3.8) is 0 Å². The minimum atomic E-state index is -0.217. The topological polar surface area (TPSA) is 83.1 Å². The Bertz CT molecular complexity index is 730. The number of nitrogens with zero attached hydrogens (tertiary/aromatic N) is 3. The number of morpholine rings is 1. The van der Waals surface area contributed by atoms with Crippen molar-refractivity contribution in [2.24, 2.45) is 0 Å². The fraction of sp³-hybridized carbons (Fsp3) is 0.438. The molecule has 0 amide bonds. The van der Waals surface area contributed by atoms with Gasteiger partial charge in [0, 0.05) is 50.2 Å². The van der Waals surface area contributed by atoms with Crippen LogP contribution in [0.25, 0.3) is 0 Å². The monoisotopic (exact) mass is 315 g/mol. The van der Waals surface area contributed by atoms with E-state index in [9.17, 15) is 4.79 Å². The number of hydrogen-bond acceptors (Lipinski definition) is 6. The van der Waals surface area contributed by atoms with Crippen molar-refractivity contribution in [1.29, 1.82) is 0 Å². The number of ether oxygens (including phenoxy) is 1. The number of anilines is 1. The summed E-state index contributed by atoms with van der Waals surface area (Å²) < 4.78 is 5.79. The maximum Gasteiger partial charge on any atom is 0.251 e. The van der Waals surface area contributed by atoms with Gasteiger partial charge in [-0.15, -0.1) is 0 Å². The quantitative estimate of drug-likeness (QED) is 0.879. The van der Waals surface area contributed by atoms with Gasteiger partial charge in [0.2, 0.25) is 0 Å². The Labute approximate surface area is 134 Å². The highest BCUT2D eigenvalue weighted by atomic mass is 16.5. The third-order valence-corrected chi connectivity index (χ3v) is 3.87. The van der Waals surface area contributed by atoms with Crippen molar-refractivity contribution >= 4 is 5.82 Å². The number of rotatable bonds is 4. The lowest BCUT2D eigenvalue weighted by Gasteiger charge is -2.32. The van der Waals surface area contributed by atoms with Crippen LogP contribution in [0.1, 0.15) is 23.2 Å². The summed E-state index contributed by atoms with van der Waals surface area (Å²) >= 11 is 0. The van der Waals surface area contributed by atoms with Gasteiger partial charge in [-0.2, -0.15) is 0 Å². The molecule has 0 radical (unpaired) electrons. The Balaban J connectivity index is 1.74. The molecule has 0 bridgehead atoms. The van der Waals surface area contributed by atoms with Gasteiger partial charge >= 0.3 is 0 Å². The van der Waals surface area contributed by atoms with Crippen LogP contribution in [0.5, 0.6) is 0 Å². The highest BCUT2D eigenvalue weighted by molar-refractivity contribution is 5.42.